The first-order valence-electron chi connectivity index (χ1n) is 10.6. The van der Waals surface area contributed by atoms with E-state index in [4.69, 9.17) is 4.18 Å². The Bertz CT molecular complexity index is 941. The van der Waals surface area contributed by atoms with Gasteiger partial charge in [-0.1, -0.05) is 19.4 Å². The fourth-order valence-electron chi connectivity index (χ4n) is 6.42. The molecule has 0 saturated heterocycles. The number of hydrogen-bond acceptors (Lipinski definition) is 5. The maximum absolute atomic E-state index is 12.8. The topological polar surface area (TPSA) is 89.5 Å². The van der Waals surface area contributed by atoms with Crippen molar-refractivity contribution in [1.82, 2.24) is 4.72 Å². The Labute approximate surface area is 172 Å². The Balaban J connectivity index is 1.58. The summed E-state index contributed by atoms with van der Waals surface area (Å²) in [6.45, 7) is 3.31. The van der Waals surface area contributed by atoms with Crippen molar-refractivity contribution in [2.75, 3.05) is 0 Å². The molecule has 7 heteroatoms. The lowest BCUT2D eigenvalue weighted by Gasteiger charge is -2.49. The van der Waals surface area contributed by atoms with Crippen LogP contribution in [-0.2, 0) is 26.3 Å². The second kappa shape index (κ2) is 7.42. The molecule has 0 unspecified atom stereocenters. The second-order valence-electron chi connectivity index (χ2n) is 8.88. The zero-order chi connectivity index (χ0) is 20.8. The van der Waals surface area contributed by atoms with E-state index in [2.05, 4.69) is 6.92 Å². The van der Waals surface area contributed by atoms with Gasteiger partial charge < -0.3 is 4.18 Å². The first-order valence-corrected chi connectivity index (χ1v) is 12.1. The SMILES string of the molecule is CCC[C@]12CC[C@@H]3c4ccc(OS(=O)(=O)NC(C)=O)cc4CC[C@H]3[C@@H]1CCC2=O. The summed E-state index contributed by atoms with van der Waals surface area (Å²) in [6.07, 6.45) is 7.70. The zero-order valence-electron chi connectivity index (χ0n) is 17.1. The molecule has 0 radical (unpaired) electrons. The molecule has 3 aliphatic carbocycles. The van der Waals surface area contributed by atoms with Crippen LogP contribution in [0.2, 0.25) is 0 Å². The van der Waals surface area contributed by atoms with Crippen LogP contribution in [0.4, 0.5) is 0 Å². The number of amides is 1. The van der Waals surface area contributed by atoms with E-state index >= 15 is 0 Å². The zero-order valence-corrected chi connectivity index (χ0v) is 17.9. The van der Waals surface area contributed by atoms with Gasteiger partial charge in [0.15, 0.2) is 0 Å². The molecule has 1 amide bonds. The van der Waals surface area contributed by atoms with Gasteiger partial charge in [-0.05, 0) is 79.5 Å². The lowest BCUT2D eigenvalue weighted by atomic mass is 9.54. The van der Waals surface area contributed by atoms with Gasteiger partial charge in [0, 0.05) is 18.8 Å². The Morgan fingerprint density at radius 1 is 1.24 bits per heavy atom. The smallest absolute Gasteiger partial charge is 0.367 e. The molecule has 0 heterocycles. The minimum absolute atomic E-state index is 0.0943. The van der Waals surface area contributed by atoms with Gasteiger partial charge in [0.25, 0.3) is 0 Å². The van der Waals surface area contributed by atoms with Gasteiger partial charge in [0.2, 0.25) is 5.91 Å². The maximum Gasteiger partial charge on any atom is 0.409 e. The number of hydrogen-bond donors (Lipinski definition) is 1. The van der Waals surface area contributed by atoms with Gasteiger partial charge in [0.1, 0.15) is 11.5 Å². The van der Waals surface area contributed by atoms with E-state index in [-0.39, 0.29) is 11.2 Å². The van der Waals surface area contributed by atoms with Gasteiger partial charge in [0.05, 0.1) is 0 Å². The van der Waals surface area contributed by atoms with Gasteiger partial charge >= 0.3 is 10.3 Å². The molecular weight excluding hydrogens is 390 g/mol. The Hall–Kier alpha value is -1.89. The van der Waals surface area contributed by atoms with E-state index in [1.165, 1.54) is 5.56 Å². The average Bonchev–Trinajstić information content (AvgIpc) is 2.97. The van der Waals surface area contributed by atoms with E-state index in [1.807, 2.05) is 10.8 Å². The fourth-order valence-corrected chi connectivity index (χ4v) is 7.17. The molecule has 1 aromatic carbocycles. The van der Waals surface area contributed by atoms with Gasteiger partial charge in [-0.25, -0.2) is 4.72 Å². The minimum atomic E-state index is -4.15. The van der Waals surface area contributed by atoms with E-state index in [0.717, 1.165) is 63.9 Å². The summed E-state index contributed by atoms with van der Waals surface area (Å²) >= 11 is 0. The van der Waals surface area contributed by atoms with Crippen LogP contribution in [-0.4, -0.2) is 20.1 Å². The highest BCUT2D eigenvalue weighted by molar-refractivity contribution is 7.85. The molecule has 2 saturated carbocycles. The number of ketones is 1. The highest BCUT2D eigenvalue weighted by atomic mass is 32.2. The van der Waals surface area contributed by atoms with Crippen LogP contribution in [0.3, 0.4) is 0 Å². The predicted octanol–water partition coefficient (Wildman–Crippen LogP) is 3.65. The number of Topliss-reactive ketones (excluding diaryl/α,β-unsaturated/α-hetero) is 1. The fraction of sp³-hybridized carbons (Fsp3) is 0.636. The molecule has 0 spiro atoms. The van der Waals surface area contributed by atoms with Crippen molar-refractivity contribution in [3.8, 4) is 5.75 Å². The van der Waals surface area contributed by atoms with Gasteiger partial charge in [-0.2, -0.15) is 8.42 Å². The number of aryl methyl sites for hydroxylation is 1. The van der Waals surface area contributed by atoms with Crippen LogP contribution in [0.25, 0.3) is 0 Å². The summed E-state index contributed by atoms with van der Waals surface area (Å²) < 4.78 is 30.6. The van der Waals surface area contributed by atoms with Crippen molar-refractivity contribution >= 4 is 22.0 Å². The monoisotopic (exact) mass is 419 g/mol. The number of carbonyl (C=O) groups is 2. The average molecular weight is 420 g/mol. The summed E-state index contributed by atoms with van der Waals surface area (Å²) in [5.41, 5.74) is 2.30. The molecule has 1 aromatic rings. The summed E-state index contributed by atoms with van der Waals surface area (Å²) in [5.74, 6) is 1.47. The largest absolute Gasteiger partial charge is 0.409 e. The van der Waals surface area contributed by atoms with Crippen molar-refractivity contribution in [1.29, 1.82) is 0 Å². The Morgan fingerprint density at radius 3 is 2.76 bits per heavy atom. The summed E-state index contributed by atoms with van der Waals surface area (Å²) in [4.78, 5) is 23.8. The van der Waals surface area contributed by atoms with Crippen molar-refractivity contribution in [2.24, 2.45) is 17.3 Å². The minimum Gasteiger partial charge on any atom is -0.367 e. The number of benzene rings is 1. The van der Waals surface area contributed by atoms with Crippen LogP contribution < -0.4 is 8.91 Å². The van der Waals surface area contributed by atoms with Crippen LogP contribution in [0.5, 0.6) is 5.75 Å². The third-order valence-electron chi connectivity index (χ3n) is 7.31. The molecule has 4 rings (SSSR count). The third-order valence-corrected chi connectivity index (χ3v) is 8.26. The Morgan fingerprint density at radius 2 is 2.03 bits per heavy atom. The number of rotatable bonds is 5. The molecular formula is C22H29NO5S. The molecule has 0 bridgehead atoms. The first kappa shape index (κ1) is 20.4. The molecule has 29 heavy (non-hydrogen) atoms. The number of carbonyl (C=O) groups excluding carboxylic acids is 2. The van der Waals surface area contributed by atoms with E-state index in [0.29, 0.717) is 23.5 Å². The second-order valence-corrected chi connectivity index (χ2v) is 10.2. The molecule has 0 aromatic heterocycles. The van der Waals surface area contributed by atoms with Crippen molar-refractivity contribution < 1.29 is 22.2 Å². The highest BCUT2D eigenvalue weighted by Gasteiger charge is 2.56. The molecule has 1 N–H and O–H groups in total. The highest BCUT2D eigenvalue weighted by Crippen LogP contribution is 2.61. The third kappa shape index (κ3) is 3.58. The Kier molecular flexibility index (Phi) is 5.21. The number of nitrogens with one attached hydrogen (secondary N) is 1. The van der Waals surface area contributed by atoms with E-state index in [1.54, 1.807) is 12.1 Å². The lowest BCUT2D eigenvalue weighted by molar-refractivity contribution is -0.131. The standard InChI is InChI=1S/C22H29NO5S/c1-3-11-22-12-10-18-17-7-5-16(28-29(26,27)23-14(2)24)13-15(17)4-6-19(18)20(22)8-9-21(22)25/h5,7,13,18-20H,3-4,6,8-12H2,1-2H3,(H,23,24)/t18-,19-,20+,22+/m1/s1. The van der Waals surface area contributed by atoms with Gasteiger partial charge in [-0.15, -0.1) is 0 Å². The van der Waals surface area contributed by atoms with Crippen LogP contribution >= 0.6 is 0 Å². The lowest BCUT2D eigenvalue weighted by Crippen LogP contribution is -2.44. The van der Waals surface area contributed by atoms with Crippen LogP contribution in [0.15, 0.2) is 18.2 Å². The quantitative estimate of drug-likeness (QED) is 0.787. The molecule has 4 atom stereocenters. The predicted molar refractivity (Wildman–Crippen MR) is 109 cm³/mol. The van der Waals surface area contributed by atoms with Crippen LogP contribution in [0.1, 0.15) is 75.8 Å². The van der Waals surface area contributed by atoms with Crippen LogP contribution in [0, 0.1) is 17.3 Å². The summed E-state index contributed by atoms with van der Waals surface area (Å²) in [7, 11) is -4.15. The molecule has 158 valence electrons. The van der Waals surface area contributed by atoms with Crippen molar-refractivity contribution in [2.45, 2.75) is 71.1 Å². The summed E-state index contributed by atoms with van der Waals surface area (Å²) in [6, 6.07) is 5.45. The molecule has 6 nitrogen and oxygen atoms in total. The normalized spacial score (nSPS) is 30.8. The van der Waals surface area contributed by atoms with E-state index < -0.39 is 16.2 Å². The maximum atomic E-state index is 12.8. The summed E-state index contributed by atoms with van der Waals surface area (Å²) in [5, 5.41) is 0. The van der Waals surface area contributed by atoms with Gasteiger partial charge in [-0.3, -0.25) is 9.59 Å². The van der Waals surface area contributed by atoms with E-state index in [9.17, 15) is 18.0 Å². The van der Waals surface area contributed by atoms with Crippen molar-refractivity contribution in [3.63, 3.8) is 0 Å². The molecule has 0 aliphatic heterocycles. The molecule has 3 aliphatic rings. The van der Waals surface area contributed by atoms with Crippen molar-refractivity contribution in [3.05, 3.63) is 29.3 Å². The first-order chi connectivity index (χ1) is 13.8. The molecule has 2 fully saturated rings. The number of fused-ring (bicyclic) bond motifs is 5.